The van der Waals surface area contributed by atoms with Crippen molar-refractivity contribution in [2.75, 3.05) is 0 Å². The maximum atomic E-state index is 12.4. The lowest BCUT2D eigenvalue weighted by atomic mass is 10.3. The molecule has 0 bridgehead atoms. The number of halogens is 5. The fourth-order valence-electron chi connectivity index (χ4n) is 0.767. The topological polar surface area (TPSA) is 30.0 Å². The van der Waals surface area contributed by atoms with Gasteiger partial charge in [-0.25, -0.2) is 8.78 Å². The number of hydrogen-bond acceptors (Lipinski definition) is 2. The molecule has 14 heavy (non-hydrogen) atoms. The van der Waals surface area contributed by atoms with Crippen molar-refractivity contribution < 1.29 is 13.6 Å². The van der Waals surface area contributed by atoms with Crippen LogP contribution in [0, 0.1) is 7.14 Å². The van der Waals surface area contributed by atoms with Gasteiger partial charge in [-0.15, -0.1) is 0 Å². The summed E-state index contributed by atoms with van der Waals surface area (Å²) in [6.45, 7) is 0. The number of rotatable bonds is 2. The molecule has 1 aromatic rings. The molecule has 1 aromatic heterocycles. The lowest BCUT2D eigenvalue weighted by molar-refractivity contribution is 0.107. The quantitative estimate of drug-likeness (QED) is 0.517. The molecule has 0 unspecified atom stereocenters. The van der Waals surface area contributed by atoms with Crippen LogP contribution < -0.4 is 0 Å². The summed E-state index contributed by atoms with van der Waals surface area (Å²) in [5.41, 5.74) is -0.169. The van der Waals surface area contributed by atoms with Gasteiger partial charge in [0.2, 0.25) is 0 Å². The lowest BCUT2D eigenvalue weighted by Gasteiger charge is -2.06. The Labute approximate surface area is 111 Å². The molecule has 0 atom stereocenters. The maximum absolute atomic E-state index is 12.4. The standard InChI is InChI=1S/C7H2ClF2I2NO/c8-6(14)2-1-13-5(7(9)10)4(12)3(2)11/h1,7H. The van der Waals surface area contributed by atoms with Crippen LogP contribution in [0.2, 0.25) is 0 Å². The highest BCUT2D eigenvalue weighted by atomic mass is 127. The molecule has 0 spiro atoms. The Kier molecular flexibility index (Phi) is 4.44. The SMILES string of the molecule is O=C(Cl)c1cnc(C(F)F)c(I)c1I. The molecule has 2 nitrogen and oxygen atoms in total. The molecule has 0 aliphatic rings. The largest absolute Gasteiger partial charge is 0.281 e. The molecule has 1 heterocycles. The van der Waals surface area contributed by atoms with Gasteiger partial charge in [0, 0.05) is 9.77 Å². The van der Waals surface area contributed by atoms with E-state index in [9.17, 15) is 13.6 Å². The molecule has 0 saturated heterocycles. The Morgan fingerprint density at radius 3 is 2.43 bits per heavy atom. The molecule has 1 rings (SSSR count). The third kappa shape index (κ3) is 2.51. The Hall–Kier alpha value is 0.430. The van der Waals surface area contributed by atoms with Gasteiger partial charge in [0.1, 0.15) is 5.69 Å². The van der Waals surface area contributed by atoms with Gasteiger partial charge in [0.05, 0.1) is 9.13 Å². The minimum Gasteiger partial charge on any atom is -0.276 e. The predicted octanol–water partition coefficient (Wildman–Crippen LogP) is 3.61. The molecule has 0 N–H and O–H groups in total. The highest BCUT2D eigenvalue weighted by Crippen LogP contribution is 2.28. The van der Waals surface area contributed by atoms with E-state index in [4.69, 9.17) is 11.6 Å². The summed E-state index contributed by atoms with van der Waals surface area (Å²) in [6, 6.07) is 0. The van der Waals surface area contributed by atoms with Crippen molar-refractivity contribution >= 4 is 62.0 Å². The number of aromatic nitrogens is 1. The van der Waals surface area contributed by atoms with E-state index in [2.05, 4.69) is 4.98 Å². The van der Waals surface area contributed by atoms with E-state index in [-0.39, 0.29) is 14.8 Å². The van der Waals surface area contributed by atoms with Gasteiger partial charge in [-0.1, -0.05) is 0 Å². The monoisotopic (exact) mass is 443 g/mol. The number of nitrogens with zero attached hydrogens (tertiary/aromatic N) is 1. The van der Waals surface area contributed by atoms with Crippen LogP contribution in [-0.2, 0) is 0 Å². The molecule has 0 aromatic carbocycles. The van der Waals surface area contributed by atoms with E-state index in [1.54, 1.807) is 45.2 Å². The summed E-state index contributed by atoms with van der Waals surface area (Å²) in [6.07, 6.45) is -1.57. The highest BCUT2D eigenvalue weighted by molar-refractivity contribution is 14.1. The van der Waals surface area contributed by atoms with Crippen molar-refractivity contribution in [1.82, 2.24) is 4.98 Å². The van der Waals surface area contributed by atoms with Crippen LogP contribution in [0.25, 0.3) is 0 Å². The predicted molar refractivity (Wildman–Crippen MR) is 64.8 cm³/mol. The van der Waals surface area contributed by atoms with Gasteiger partial charge >= 0.3 is 0 Å². The van der Waals surface area contributed by atoms with Crippen LogP contribution >= 0.6 is 56.8 Å². The molecular weight excluding hydrogens is 441 g/mol. The molecule has 0 radical (unpaired) electrons. The van der Waals surface area contributed by atoms with Crippen LogP contribution in [0.15, 0.2) is 6.20 Å². The minimum atomic E-state index is -2.64. The van der Waals surface area contributed by atoms with Crippen molar-refractivity contribution in [3.05, 3.63) is 24.6 Å². The molecule has 0 amide bonds. The van der Waals surface area contributed by atoms with Crippen molar-refractivity contribution in [3.63, 3.8) is 0 Å². The second-order valence-electron chi connectivity index (χ2n) is 2.26. The summed E-state index contributed by atoms with van der Waals surface area (Å²) in [4.78, 5) is 14.3. The van der Waals surface area contributed by atoms with Crippen LogP contribution in [0.5, 0.6) is 0 Å². The van der Waals surface area contributed by atoms with E-state index in [0.717, 1.165) is 6.20 Å². The summed E-state index contributed by atoms with van der Waals surface area (Å²) in [7, 11) is 0. The summed E-state index contributed by atoms with van der Waals surface area (Å²) in [5, 5.41) is -0.694. The van der Waals surface area contributed by atoms with Crippen LogP contribution in [0.3, 0.4) is 0 Å². The first-order chi connectivity index (χ1) is 6.45. The first-order valence-electron chi connectivity index (χ1n) is 3.27. The Balaban J connectivity index is 3.33. The number of carbonyl (C=O) groups is 1. The van der Waals surface area contributed by atoms with Crippen molar-refractivity contribution in [2.45, 2.75) is 6.43 Å². The Morgan fingerprint density at radius 2 is 2.00 bits per heavy atom. The van der Waals surface area contributed by atoms with Gasteiger partial charge in [-0.2, -0.15) is 0 Å². The second kappa shape index (κ2) is 4.97. The molecular formula is C7H2ClF2I2NO. The van der Waals surface area contributed by atoms with E-state index in [1.165, 1.54) is 0 Å². The number of carbonyl (C=O) groups excluding carboxylic acids is 1. The van der Waals surface area contributed by atoms with E-state index in [0.29, 0.717) is 3.57 Å². The van der Waals surface area contributed by atoms with Gasteiger partial charge in [0.25, 0.3) is 11.7 Å². The third-order valence-corrected chi connectivity index (χ3v) is 4.85. The van der Waals surface area contributed by atoms with E-state index in [1.807, 2.05) is 0 Å². The van der Waals surface area contributed by atoms with Crippen LogP contribution in [0.4, 0.5) is 8.78 Å². The molecule has 0 aliphatic heterocycles. The first kappa shape index (κ1) is 12.5. The smallest absolute Gasteiger partial charge is 0.276 e. The Bertz CT molecular complexity index is 386. The molecule has 76 valence electrons. The summed E-state index contributed by atoms with van der Waals surface area (Å²) in [5.74, 6) is 0. The minimum absolute atomic E-state index is 0.154. The zero-order valence-electron chi connectivity index (χ0n) is 6.40. The second-order valence-corrected chi connectivity index (χ2v) is 4.76. The summed E-state index contributed by atoms with van der Waals surface area (Å²) >= 11 is 8.75. The van der Waals surface area contributed by atoms with Gasteiger partial charge in [-0.05, 0) is 56.8 Å². The molecule has 0 aliphatic carbocycles. The third-order valence-electron chi connectivity index (χ3n) is 1.41. The van der Waals surface area contributed by atoms with Crippen molar-refractivity contribution in [3.8, 4) is 0 Å². The normalized spacial score (nSPS) is 10.7. The molecule has 0 fully saturated rings. The fourth-order valence-corrected chi connectivity index (χ4v) is 2.40. The molecule has 0 saturated carbocycles. The van der Waals surface area contributed by atoms with Crippen molar-refractivity contribution in [2.24, 2.45) is 0 Å². The van der Waals surface area contributed by atoms with E-state index >= 15 is 0 Å². The Morgan fingerprint density at radius 1 is 1.43 bits per heavy atom. The average molecular weight is 443 g/mol. The van der Waals surface area contributed by atoms with Gasteiger partial charge < -0.3 is 0 Å². The number of pyridine rings is 1. The van der Waals surface area contributed by atoms with Crippen molar-refractivity contribution in [1.29, 1.82) is 0 Å². The van der Waals surface area contributed by atoms with Crippen LogP contribution in [-0.4, -0.2) is 10.2 Å². The summed E-state index contributed by atoms with van der Waals surface area (Å²) < 4.78 is 25.4. The fraction of sp³-hybridized carbons (Fsp3) is 0.143. The number of hydrogen-bond donors (Lipinski definition) is 0. The highest BCUT2D eigenvalue weighted by Gasteiger charge is 2.19. The van der Waals surface area contributed by atoms with E-state index < -0.39 is 11.7 Å². The maximum Gasteiger partial charge on any atom is 0.281 e. The molecule has 7 heteroatoms. The number of alkyl halides is 2. The van der Waals surface area contributed by atoms with Crippen LogP contribution in [0.1, 0.15) is 22.5 Å². The zero-order chi connectivity index (χ0) is 10.9. The average Bonchev–Trinajstić information content (AvgIpc) is 2.08. The zero-order valence-corrected chi connectivity index (χ0v) is 11.5. The lowest BCUT2D eigenvalue weighted by Crippen LogP contribution is -2.03. The van der Waals surface area contributed by atoms with Gasteiger partial charge in [0.15, 0.2) is 0 Å². The first-order valence-corrected chi connectivity index (χ1v) is 5.80. The van der Waals surface area contributed by atoms with Gasteiger partial charge in [-0.3, -0.25) is 9.78 Å².